The molecule has 0 spiro atoms. The molecule has 2 rings (SSSR count). The molecule has 2 N–H and O–H groups in total. The molecule has 1 aliphatic rings. The molecule has 3 nitrogen and oxygen atoms in total. The molecule has 100 valence electrons. The number of carbonyl (C=O) groups is 1. The van der Waals surface area contributed by atoms with E-state index in [0.29, 0.717) is 19.0 Å². The van der Waals surface area contributed by atoms with Crippen molar-refractivity contribution in [2.75, 3.05) is 6.54 Å². The molecule has 0 radical (unpaired) electrons. The summed E-state index contributed by atoms with van der Waals surface area (Å²) >= 11 is 0. The highest BCUT2D eigenvalue weighted by Gasteiger charge is 2.17. The van der Waals surface area contributed by atoms with Gasteiger partial charge >= 0.3 is 0 Å². The third-order valence-corrected chi connectivity index (χ3v) is 3.00. The summed E-state index contributed by atoms with van der Waals surface area (Å²) in [4.78, 5) is 11.6. The van der Waals surface area contributed by atoms with Crippen molar-refractivity contribution in [3.63, 3.8) is 0 Å². The van der Waals surface area contributed by atoms with Gasteiger partial charge in [0.25, 0.3) is 0 Å². The molecule has 1 aromatic carbocycles. The molecule has 1 atom stereocenters. The lowest BCUT2D eigenvalue weighted by molar-refractivity contribution is -0.121. The summed E-state index contributed by atoms with van der Waals surface area (Å²) in [7, 11) is 0. The number of nitrogens with one attached hydrogen (secondary N) is 2. The molecule has 1 aromatic rings. The first-order valence-corrected chi connectivity index (χ1v) is 5.98. The maximum atomic E-state index is 12.7. The second kappa shape index (κ2) is 7.34. The van der Waals surface area contributed by atoms with Crippen molar-refractivity contribution < 1.29 is 9.18 Å². The third-order valence-electron chi connectivity index (χ3n) is 3.00. The lowest BCUT2D eigenvalue weighted by atomic mass is 10.1. The van der Waals surface area contributed by atoms with E-state index in [1.54, 1.807) is 12.1 Å². The van der Waals surface area contributed by atoms with Gasteiger partial charge in [0, 0.05) is 19.0 Å². The van der Waals surface area contributed by atoms with E-state index in [9.17, 15) is 9.18 Å². The van der Waals surface area contributed by atoms with Gasteiger partial charge in [-0.2, -0.15) is 0 Å². The van der Waals surface area contributed by atoms with Crippen LogP contribution in [0.3, 0.4) is 0 Å². The van der Waals surface area contributed by atoms with E-state index >= 15 is 0 Å². The molecule has 0 saturated carbocycles. The van der Waals surface area contributed by atoms with Gasteiger partial charge in [0.05, 0.1) is 0 Å². The lowest BCUT2D eigenvalue weighted by Gasteiger charge is -2.10. The predicted octanol–water partition coefficient (Wildman–Crippen LogP) is 2.01. The minimum Gasteiger partial charge on any atom is -0.352 e. The van der Waals surface area contributed by atoms with E-state index < -0.39 is 0 Å². The number of benzene rings is 1. The Kier molecular flexibility index (Phi) is 6.09. The predicted molar refractivity (Wildman–Crippen MR) is 71.1 cm³/mol. The van der Waals surface area contributed by atoms with Crippen LogP contribution in [0.2, 0.25) is 0 Å². The number of hydrogen-bond donors (Lipinski definition) is 2. The largest absolute Gasteiger partial charge is 0.352 e. The van der Waals surface area contributed by atoms with Crippen molar-refractivity contribution in [3.05, 3.63) is 35.6 Å². The van der Waals surface area contributed by atoms with Gasteiger partial charge in [-0.1, -0.05) is 12.1 Å². The number of carbonyl (C=O) groups excluding carboxylic acids is 1. The zero-order valence-electron chi connectivity index (χ0n) is 10.1. The summed E-state index contributed by atoms with van der Waals surface area (Å²) in [6.45, 7) is 1.47. The molecular formula is C13H18ClFN2O. The summed E-state index contributed by atoms with van der Waals surface area (Å²) in [5, 5.41) is 6.13. The van der Waals surface area contributed by atoms with Gasteiger partial charge in [0.1, 0.15) is 5.82 Å². The molecule has 0 aromatic heterocycles. The Morgan fingerprint density at radius 3 is 2.72 bits per heavy atom. The molecule has 0 bridgehead atoms. The maximum absolute atomic E-state index is 12.7. The van der Waals surface area contributed by atoms with Gasteiger partial charge in [-0.3, -0.25) is 4.79 Å². The third kappa shape index (κ3) is 4.63. The smallest absolute Gasteiger partial charge is 0.221 e. The van der Waals surface area contributed by atoms with Gasteiger partial charge in [0.15, 0.2) is 0 Å². The average molecular weight is 273 g/mol. The molecule has 1 saturated heterocycles. The molecule has 1 unspecified atom stereocenters. The van der Waals surface area contributed by atoms with Crippen molar-refractivity contribution in [1.82, 2.24) is 10.6 Å². The van der Waals surface area contributed by atoms with Crippen LogP contribution in [-0.4, -0.2) is 18.5 Å². The fourth-order valence-electron chi connectivity index (χ4n) is 2.03. The minimum atomic E-state index is -0.254. The normalized spacial score (nSPS) is 18.2. The standard InChI is InChI=1S/C13H17FN2O.ClH/c14-11-5-3-10(4-6-11)9-16-13(17)8-12-2-1-7-15-12;/h3-6,12,15H,1-2,7-9H2,(H,16,17);1H. The van der Waals surface area contributed by atoms with Gasteiger partial charge in [0.2, 0.25) is 5.91 Å². The summed E-state index contributed by atoms with van der Waals surface area (Å²) in [6.07, 6.45) is 2.75. The molecule has 1 amide bonds. The Labute approximate surface area is 113 Å². The fraction of sp³-hybridized carbons (Fsp3) is 0.462. The Balaban J connectivity index is 0.00000162. The topological polar surface area (TPSA) is 41.1 Å². The zero-order valence-corrected chi connectivity index (χ0v) is 10.9. The molecule has 18 heavy (non-hydrogen) atoms. The van der Waals surface area contributed by atoms with Gasteiger partial charge < -0.3 is 10.6 Å². The Morgan fingerprint density at radius 2 is 2.11 bits per heavy atom. The quantitative estimate of drug-likeness (QED) is 0.880. The highest BCUT2D eigenvalue weighted by Crippen LogP contribution is 2.08. The summed E-state index contributed by atoms with van der Waals surface area (Å²) in [5.74, 6) is -0.205. The maximum Gasteiger partial charge on any atom is 0.221 e. The van der Waals surface area contributed by atoms with Crippen molar-refractivity contribution in [3.8, 4) is 0 Å². The molecule has 0 aliphatic carbocycles. The van der Waals surface area contributed by atoms with Crippen LogP contribution in [0, 0.1) is 5.82 Å². The first-order valence-electron chi connectivity index (χ1n) is 5.98. The fourth-order valence-corrected chi connectivity index (χ4v) is 2.03. The van der Waals surface area contributed by atoms with E-state index in [1.807, 2.05) is 0 Å². The van der Waals surface area contributed by atoms with Gasteiger partial charge in [-0.05, 0) is 37.1 Å². The van der Waals surface area contributed by atoms with Gasteiger partial charge in [-0.25, -0.2) is 4.39 Å². The van der Waals surface area contributed by atoms with E-state index in [4.69, 9.17) is 0 Å². The van der Waals surface area contributed by atoms with Crippen LogP contribution in [0.4, 0.5) is 4.39 Å². The Morgan fingerprint density at radius 1 is 1.39 bits per heavy atom. The zero-order chi connectivity index (χ0) is 12.1. The highest BCUT2D eigenvalue weighted by atomic mass is 35.5. The van der Waals surface area contributed by atoms with Crippen LogP contribution in [0.5, 0.6) is 0 Å². The minimum absolute atomic E-state index is 0. The summed E-state index contributed by atoms with van der Waals surface area (Å²) < 4.78 is 12.7. The summed E-state index contributed by atoms with van der Waals surface area (Å²) in [5.41, 5.74) is 0.916. The first kappa shape index (κ1) is 14.9. The van der Waals surface area contributed by atoms with E-state index in [0.717, 1.165) is 24.9 Å². The van der Waals surface area contributed by atoms with E-state index in [-0.39, 0.29) is 24.1 Å². The van der Waals surface area contributed by atoms with Crippen LogP contribution in [0.1, 0.15) is 24.8 Å². The monoisotopic (exact) mass is 272 g/mol. The number of halogens is 2. The SMILES string of the molecule is Cl.O=C(CC1CCCN1)NCc1ccc(F)cc1. The van der Waals surface area contributed by atoms with E-state index in [2.05, 4.69) is 10.6 Å². The van der Waals surface area contributed by atoms with Crippen molar-refractivity contribution in [1.29, 1.82) is 0 Å². The molecule has 5 heteroatoms. The van der Waals surface area contributed by atoms with Gasteiger partial charge in [-0.15, -0.1) is 12.4 Å². The molecule has 1 fully saturated rings. The van der Waals surface area contributed by atoms with Crippen LogP contribution in [0.25, 0.3) is 0 Å². The first-order chi connectivity index (χ1) is 8.24. The molecule has 1 heterocycles. The van der Waals surface area contributed by atoms with Crippen molar-refractivity contribution >= 4 is 18.3 Å². The number of amides is 1. The molecular weight excluding hydrogens is 255 g/mol. The van der Waals surface area contributed by atoms with E-state index in [1.165, 1.54) is 12.1 Å². The van der Waals surface area contributed by atoms with Crippen molar-refractivity contribution in [2.45, 2.75) is 31.8 Å². The number of rotatable bonds is 4. The van der Waals surface area contributed by atoms with Crippen LogP contribution < -0.4 is 10.6 Å². The average Bonchev–Trinajstić information content (AvgIpc) is 2.81. The second-order valence-electron chi connectivity index (χ2n) is 4.40. The lowest BCUT2D eigenvalue weighted by Crippen LogP contribution is -2.31. The Bertz CT molecular complexity index is 377. The van der Waals surface area contributed by atoms with Crippen LogP contribution in [0.15, 0.2) is 24.3 Å². The highest BCUT2D eigenvalue weighted by molar-refractivity contribution is 5.85. The second-order valence-corrected chi connectivity index (χ2v) is 4.40. The number of hydrogen-bond acceptors (Lipinski definition) is 2. The summed E-state index contributed by atoms with van der Waals surface area (Å²) in [6, 6.07) is 6.50. The van der Waals surface area contributed by atoms with Crippen LogP contribution in [-0.2, 0) is 11.3 Å². The Hall–Kier alpha value is -1.13. The van der Waals surface area contributed by atoms with Crippen molar-refractivity contribution in [2.24, 2.45) is 0 Å². The molecule has 1 aliphatic heterocycles. The van der Waals surface area contributed by atoms with Crippen LogP contribution >= 0.6 is 12.4 Å².